The Hall–Kier alpha value is -4.68. The zero-order chi connectivity index (χ0) is 29.8. The fraction of sp³-hybridized carbons (Fsp3) is 0.429. The van der Waals surface area contributed by atoms with Crippen molar-refractivity contribution in [2.45, 2.75) is 39.0 Å². The second-order valence-electron chi connectivity index (χ2n) is 10.2. The molecule has 13 heteroatoms. The summed E-state index contributed by atoms with van der Waals surface area (Å²) < 4.78 is 17.8. The van der Waals surface area contributed by atoms with Crippen LogP contribution in [0.1, 0.15) is 41.5 Å². The number of esters is 1. The molecule has 4 rings (SSSR count). The summed E-state index contributed by atoms with van der Waals surface area (Å²) >= 11 is 0. The maximum absolute atomic E-state index is 13.8. The van der Waals surface area contributed by atoms with E-state index >= 15 is 0 Å². The van der Waals surface area contributed by atoms with Crippen LogP contribution in [-0.4, -0.2) is 88.9 Å². The number of benzene rings is 1. The Morgan fingerprint density at radius 3 is 2.56 bits per heavy atom. The van der Waals surface area contributed by atoms with Gasteiger partial charge in [0.05, 0.1) is 44.1 Å². The molecule has 3 heterocycles. The first-order valence-corrected chi connectivity index (χ1v) is 13.1. The van der Waals surface area contributed by atoms with Crippen molar-refractivity contribution in [2.24, 2.45) is 13.0 Å². The molecule has 13 nitrogen and oxygen atoms in total. The fourth-order valence-electron chi connectivity index (χ4n) is 4.52. The molecule has 218 valence electrons. The second-order valence-corrected chi connectivity index (χ2v) is 10.2. The van der Waals surface area contributed by atoms with Gasteiger partial charge in [-0.05, 0) is 37.1 Å². The molecule has 1 aliphatic rings. The molecule has 41 heavy (non-hydrogen) atoms. The SMILES string of the molecule is COC(=O)[C@@H]1Oc2cc(ccc2OC)C(=O)N[C@@H](C(C)C)CN(C(=O)c2cnc3cnn(C)c3c2)CC(=O)N[C@H]1C. The van der Waals surface area contributed by atoms with Crippen LogP contribution in [0.3, 0.4) is 0 Å². The molecule has 0 aliphatic carbocycles. The lowest BCUT2D eigenvalue weighted by Gasteiger charge is -2.31. The number of amides is 3. The average molecular weight is 567 g/mol. The molecule has 0 unspecified atom stereocenters. The highest BCUT2D eigenvalue weighted by Crippen LogP contribution is 2.30. The van der Waals surface area contributed by atoms with Gasteiger partial charge in [-0.3, -0.25) is 24.0 Å². The molecule has 3 amide bonds. The van der Waals surface area contributed by atoms with E-state index in [0.717, 1.165) is 0 Å². The third kappa shape index (κ3) is 6.39. The summed E-state index contributed by atoms with van der Waals surface area (Å²) in [6.45, 7) is 5.08. The van der Waals surface area contributed by atoms with Gasteiger partial charge in [0.2, 0.25) is 12.0 Å². The van der Waals surface area contributed by atoms with E-state index in [2.05, 4.69) is 20.7 Å². The van der Waals surface area contributed by atoms with E-state index in [0.29, 0.717) is 11.0 Å². The number of nitrogens with one attached hydrogen (secondary N) is 2. The minimum absolute atomic E-state index is 0.0351. The molecular weight excluding hydrogens is 532 g/mol. The second kappa shape index (κ2) is 12.2. The number of ether oxygens (including phenoxy) is 3. The smallest absolute Gasteiger partial charge is 0.349 e. The van der Waals surface area contributed by atoms with Crippen molar-refractivity contribution in [3.63, 3.8) is 0 Å². The maximum Gasteiger partial charge on any atom is 0.349 e. The molecular formula is C28H34N6O7. The number of nitrogens with zero attached hydrogens (tertiary/aromatic N) is 4. The Morgan fingerprint density at radius 1 is 1.12 bits per heavy atom. The van der Waals surface area contributed by atoms with Crippen LogP contribution < -0.4 is 20.1 Å². The zero-order valence-electron chi connectivity index (χ0n) is 23.8. The minimum atomic E-state index is -1.27. The summed E-state index contributed by atoms with van der Waals surface area (Å²) in [5.74, 6) is -1.84. The molecule has 0 radical (unpaired) electrons. The van der Waals surface area contributed by atoms with Crippen LogP contribution in [0, 0.1) is 5.92 Å². The summed E-state index contributed by atoms with van der Waals surface area (Å²) in [5.41, 5.74) is 1.79. The van der Waals surface area contributed by atoms with Crippen molar-refractivity contribution >= 4 is 34.7 Å². The first kappa shape index (κ1) is 29.3. The monoisotopic (exact) mass is 566 g/mol. The van der Waals surface area contributed by atoms with Crippen LogP contribution in [0.4, 0.5) is 0 Å². The largest absolute Gasteiger partial charge is 0.493 e. The molecule has 3 aromatic rings. The molecule has 0 fully saturated rings. The number of pyridine rings is 1. The third-order valence-electron chi connectivity index (χ3n) is 6.96. The summed E-state index contributed by atoms with van der Waals surface area (Å²) in [4.78, 5) is 58.8. The minimum Gasteiger partial charge on any atom is -0.493 e. The Kier molecular flexibility index (Phi) is 8.74. The summed E-state index contributed by atoms with van der Waals surface area (Å²) in [6.07, 6.45) is 1.75. The standard InChI is InChI=1S/C28H34N6O7/c1-15(2)20-13-34(27(37)18-9-21-19(29-11-18)12-30-33(21)4)14-24(35)31-16(3)25(28(38)40-6)41-23-10-17(26(36)32-20)7-8-22(23)39-5/h7-12,15-16,20,25H,13-14H2,1-6H3,(H,31,35)(H,32,36)/t16-,20+,25+/m0/s1. The van der Waals surface area contributed by atoms with Crippen molar-refractivity contribution in [2.75, 3.05) is 27.3 Å². The van der Waals surface area contributed by atoms with Gasteiger partial charge >= 0.3 is 5.97 Å². The summed E-state index contributed by atoms with van der Waals surface area (Å²) in [6, 6.07) is 4.86. The van der Waals surface area contributed by atoms with Gasteiger partial charge in [0.15, 0.2) is 11.5 Å². The van der Waals surface area contributed by atoms with Gasteiger partial charge in [0.25, 0.3) is 11.8 Å². The highest BCUT2D eigenvalue weighted by atomic mass is 16.6. The van der Waals surface area contributed by atoms with Gasteiger partial charge in [-0.1, -0.05) is 13.8 Å². The molecule has 2 aromatic heterocycles. The zero-order valence-corrected chi connectivity index (χ0v) is 23.8. The quantitative estimate of drug-likeness (QED) is 0.445. The van der Waals surface area contributed by atoms with E-state index in [1.807, 2.05) is 13.8 Å². The van der Waals surface area contributed by atoms with Crippen molar-refractivity contribution in [3.05, 3.63) is 47.8 Å². The Labute approximate surface area is 237 Å². The van der Waals surface area contributed by atoms with Crippen LogP contribution in [0.25, 0.3) is 11.0 Å². The number of aromatic nitrogens is 3. The normalized spacial score (nSPS) is 20.1. The average Bonchev–Trinajstić information content (AvgIpc) is 3.33. The van der Waals surface area contributed by atoms with Crippen LogP contribution in [-0.2, 0) is 21.4 Å². The highest BCUT2D eigenvalue weighted by Gasteiger charge is 2.33. The molecule has 2 N–H and O–H groups in total. The van der Waals surface area contributed by atoms with Crippen LogP contribution >= 0.6 is 0 Å². The molecule has 1 aromatic carbocycles. The van der Waals surface area contributed by atoms with Gasteiger partial charge < -0.3 is 29.7 Å². The predicted molar refractivity (Wildman–Crippen MR) is 148 cm³/mol. The fourth-order valence-corrected chi connectivity index (χ4v) is 4.52. The van der Waals surface area contributed by atoms with E-state index in [4.69, 9.17) is 14.2 Å². The van der Waals surface area contributed by atoms with Gasteiger partial charge in [-0.25, -0.2) is 4.79 Å². The number of aryl methyl sites for hydroxylation is 1. The van der Waals surface area contributed by atoms with Crippen LogP contribution in [0.5, 0.6) is 11.5 Å². The van der Waals surface area contributed by atoms with Crippen molar-refractivity contribution in [3.8, 4) is 11.5 Å². The van der Waals surface area contributed by atoms with E-state index in [1.54, 1.807) is 43.0 Å². The molecule has 2 bridgehead atoms. The van der Waals surface area contributed by atoms with Gasteiger partial charge in [-0.2, -0.15) is 5.10 Å². The number of hydrogen-bond donors (Lipinski definition) is 2. The Bertz CT molecular complexity index is 1470. The lowest BCUT2D eigenvalue weighted by atomic mass is 10.0. The van der Waals surface area contributed by atoms with E-state index in [-0.39, 0.29) is 41.6 Å². The van der Waals surface area contributed by atoms with Crippen molar-refractivity contribution in [1.29, 1.82) is 0 Å². The summed E-state index contributed by atoms with van der Waals surface area (Å²) in [5, 5.41) is 9.89. The van der Waals surface area contributed by atoms with Gasteiger partial charge in [0.1, 0.15) is 5.52 Å². The van der Waals surface area contributed by atoms with E-state index < -0.39 is 41.9 Å². The van der Waals surface area contributed by atoms with Crippen LogP contribution in [0.15, 0.2) is 36.7 Å². The van der Waals surface area contributed by atoms with E-state index in [1.165, 1.54) is 31.4 Å². The number of methoxy groups -OCH3 is 2. The van der Waals surface area contributed by atoms with Gasteiger partial charge in [0, 0.05) is 31.4 Å². The number of carbonyl (C=O) groups is 4. The van der Waals surface area contributed by atoms with Crippen LogP contribution in [0.2, 0.25) is 0 Å². The Morgan fingerprint density at radius 2 is 1.88 bits per heavy atom. The molecule has 3 atom stereocenters. The molecule has 0 saturated heterocycles. The number of fused-ring (bicyclic) bond motifs is 3. The molecule has 1 aliphatic heterocycles. The number of carbonyl (C=O) groups excluding carboxylic acids is 4. The summed E-state index contributed by atoms with van der Waals surface area (Å²) in [7, 11) is 4.37. The van der Waals surface area contributed by atoms with Crippen molar-refractivity contribution < 1.29 is 33.4 Å². The Balaban J connectivity index is 1.75. The maximum atomic E-state index is 13.8. The lowest BCUT2D eigenvalue weighted by molar-refractivity contribution is -0.150. The third-order valence-corrected chi connectivity index (χ3v) is 6.96. The number of rotatable bonds is 4. The molecule has 0 spiro atoms. The van der Waals surface area contributed by atoms with Gasteiger partial charge in [-0.15, -0.1) is 0 Å². The number of hydrogen-bond acceptors (Lipinski definition) is 9. The highest BCUT2D eigenvalue weighted by molar-refractivity contribution is 5.99. The topological polar surface area (TPSA) is 154 Å². The lowest BCUT2D eigenvalue weighted by Crippen LogP contribution is -2.54. The predicted octanol–water partition coefficient (Wildman–Crippen LogP) is 1.31. The first-order valence-electron chi connectivity index (χ1n) is 13.1. The molecule has 0 saturated carbocycles. The first-order chi connectivity index (χ1) is 19.5. The van der Waals surface area contributed by atoms with Crippen molar-refractivity contribution in [1.82, 2.24) is 30.3 Å². The van der Waals surface area contributed by atoms with E-state index in [9.17, 15) is 19.2 Å².